The summed E-state index contributed by atoms with van der Waals surface area (Å²) >= 11 is 0. The van der Waals surface area contributed by atoms with Crippen molar-refractivity contribution in [2.24, 2.45) is 5.92 Å². The maximum atomic E-state index is 11.7. The summed E-state index contributed by atoms with van der Waals surface area (Å²) in [6.07, 6.45) is 2.10. The van der Waals surface area contributed by atoms with Crippen LogP contribution in [0.25, 0.3) is 0 Å². The molecule has 0 spiro atoms. The quantitative estimate of drug-likeness (QED) is 0.613. The van der Waals surface area contributed by atoms with Gasteiger partial charge < -0.3 is 15.5 Å². The van der Waals surface area contributed by atoms with Gasteiger partial charge in [-0.15, -0.1) is 0 Å². The first kappa shape index (κ1) is 11.4. The van der Waals surface area contributed by atoms with Crippen molar-refractivity contribution in [3.63, 3.8) is 0 Å². The summed E-state index contributed by atoms with van der Waals surface area (Å²) in [5.74, 6) is -0.217. The monoisotopic (exact) mass is 225 g/mol. The molecule has 2 fully saturated rings. The van der Waals surface area contributed by atoms with Gasteiger partial charge in [0.1, 0.15) is 0 Å². The number of amides is 2. The summed E-state index contributed by atoms with van der Waals surface area (Å²) in [4.78, 5) is 25.0. The zero-order valence-corrected chi connectivity index (χ0v) is 9.66. The Balaban J connectivity index is 1.78. The lowest BCUT2D eigenvalue weighted by Crippen LogP contribution is -2.51. The van der Waals surface area contributed by atoms with Gasteiger partial charge in [0, 0.05) is 32.2 Å². The van der Waals surface area contributed by atoms with Crippen LogP contribution in [0, 0.1) is 5.92 Å². The smallest absolute Gasteiger partial charge is 0.311 e. The van der Waals surface area contributed by atoms with Gasteiger partial charge in [-0.3, -0.25) is 9.59 Å². The Bertz CT molecular complexity index is 287. The van der Waals surface area contributed by atoms with Crippen molar-refractivity contribution in [1.29, 1.82) is 0 Å². The van der Waals surface area contributed by atoms with E-state index < -0.39 is 5.91 Å². The van der Waals surface area contributed by atoms with E-state index in [9.17, 15) is 9.59 Å². The summed E-state index contributed by atoms with van der Waals surface area (Å²) in [7, 11) is 0. The van der Waals surface area contributed by atoms with Crippen LogP contribution in [0.2, 0.25) is 0 Å². The molecule has 5 nitrogen and oxygen atoms in total. The van der Waals surface area contributed by atoms with Crippen LogP contribution < -0.4 is 10.6 Å². The standard InChI is InChI=1S/C11H19N3O2/c1-2-8-7-9(8)13-10(15)11(16)14-5-3-12-4-6-14/h8-9,12H,2-7H2,1H3,(H,13,15). The normalized spacial score (nSPS) is 28.7. The van der Waals surface area contributed by atoms with Crippen molar-refractivity contribution in [3.8, 4) is 0 Å². The lowest BCUT2D eigenvalue weighted by atomic mass is 10.3. The second-order valence-corrected chi connectivity index (χ2v) is 4.53. The molecule has 5 heteroatoms. The Kier molecular flexibility index (Phi) is 3.43. The van der Waals surface area contributed by atoms with Gasteiger partial charge >= 0.3 is 11.8 Å². The summed E-state index contributed by atoms with van der Waals surface area (Å²) in [6, 6.07) is 0.240. The van der Waals surface area contributed by atoms with Crippen molar-refractivity contribution < 1.29 is 9.59 Å². The highest BCUT2D eigenvalue weighted by Crippen LogP contribution is 2.32. The second kappa shape index (κ2) is 4.82. The maximum Gasteiger partial charge on any atom is 0.311 e. The zero-order valence-electron chi connectivity index (χ0n) is 9.66. The molecule has 90 valence electrons. The number of nitrogens with zero attached hydrogens (tertiary/aromatic N) is 1. The fraction of sp³-hybridized carbons (Fsp3) is 0.818. The van der Waals surface area contributed by atoms with Crippen molar-refractivity contribution >= 4 is 11.8 Å². The molecule has 0 aromatic heterocycles. The molecule has 2 unspecified atom stereocenters. The average molecular weight is 225 g/mol. The van der Waals surface area contributed by atoms with Gasteiger partial charge in [-0.1, -0.05) is 13.3 Å². The molecular formula is C11H19N3O2. The summed E-state index contributed by atoms with van der Waals surface area (Å²) in [6.45, 7) is 4.93. The molecule has 0 radical (unpaired) electrons. The molecule has 2 aliphatic rings. The van der Waals surface area contributed by atoms with Crippen LogP contribution in [-0.2, 0) is 9.59 Å². The SMILES string of the molecule is CCC1CC1NC(=O)C(=O)N1CCNCC1. The first-order valence-electron chi connectivity index (χ1n) is 6.03. The van der Waals surface area contributed by atoms with Crippen LogP contribution in [0.4, 0.5) is 0 Å². The minimum absolute atomic E-state index is 0.240. The molecule has 1 aliphatic carbocycles. The van der Waals surface area contributed by atoms with Gasteiger partial charge in [0.15, 0.2) is 0 Å². The summed E-state index contributed by atoms with van der Waals surface area (Å²) in [5, 5.41) is 5.95. The van der Waals surface area contributed by atoms with Crippen LogP contribution in [0.15, 0.2) is 0 Å². The Morgan fingerprint density at radius 1 is 1.38 bits per heavy atom. The Labute approximate surface area is 95.6 Å². The van der Waals surface area contributed by atoms with E-state index in [0.29, 0.717) is 19.0 Å². The highest BCUT2D eigenvalue weighted by atomic mass is 16.2. The lowest BCUT2D eigenvalue weighted by molar-refractivity contribution is -0.146. The molecule has 2 rings (SSSR count). The molecule has 2 N–H and O–H groups in total. The molecular weight excluding hydrogens is 206 g/mol. The molecule has 2 amide bonds. The van der Waals surface area contributed by atoms with Crippen LogP contribution in [0.1, 0.15) is 19.8 Å². The Hall–Kier alpha value is -1.10. The van der Waals surface area contributed by atoms with Crippen LogP contribution in [-0.4, -0.2) is 48.9 Å². The number of nitrogens with one attached hydrogen (secondary N) is 2. The minimum Gasteiger partial charge on any atom is -0.345 e. The fourth-order valence-electron chi connectivity index (χ4n) is 2.12. The molecule has 1 aliphatic heterocycles. The first-order valence-corrected chi connectivity index (χ1v) is 6.03. The maximum absolute atomic E-state index is 11.7. The molecule has 1 saturated carbocycles. The molecule has 16 heavy (non-hydrogen) atoms. The topological polar surface area (TPSA) is 61.4 Å². The zero-order chi connectivity index (χ0) is 11.5. The van der Waals surface area contributed by atoms with Crippen LogP contribution >= 0.6 is 0 Å². The molecule has 0 aromatic rings. The molecule has 1 saturated heterocycles. The predicted octanol–water partition coefficient (Wildman–Crippen LogP) is -0.667. The highest BCUT2D eigenvalue weighted by molar-refractivity contribution is 6.35. The highest BCUT2D eigenvalue weighted by Gasteiger charge is 2.38. The van der Waals surface area contributed by atoms with E-state index in [1.165, 1.54) is 0 Å². The molecule has 2 atom stereocenters. The average Bonchev–Trinajstić information content (AvgIpc) is 3.07. The number of piperazine rings is 1. The van der Waals surface area contributed by atoms with E-state index in [1.54, 1.807) is 4.90 Å². The van der Waals surface area contributed by atoms with Gasteiger partial charge in [-0.25, -0.2) is 0 Å². The van der Waals surface area contributed by atoms with Crippen molar-refractivity contribution in [1.82, 2.24) is 15.5 Å². The van der Waals surface area contributed by atoms with E-state index in [4.69, 9.17) is 0 Å². The summed E-state index contributed by atoms with van der Waals surface area (Å²) < 4.78 is 0. The third-order valence-corrected chi connectivity index (χ3v) is 3.36. The lowest BCUT2D eigenvalue weighted by Gasteiger charge is -2.26. The number of hydrogen-bond acceptors (Lipinski definition) is 3. The Morgan fingerprint density at radius 2 is 2.06 bits per heavy atom. The third-order valence-electron chi connectivity index (χ3n) is 3.36. The minimum atomic E-state index is -0.428. The van der Waals surface area contributed by atoms with Crippen molar-refractivity contribution in [3.05, 3.63) is 0 Å². The number of rotatable bonds is 2. The fourth-order valence-corrected chi connectivity index (χ4v) is 2.12. The van der Waals surface area contributed by atoms with E-state index in [-0.39, 0.29) is 11.9 Å². The number of hydrogen-bond donors (Lipinski definition) is 2. The predicted molar refractivity (Wildman–Crippen MR) is 59.8 cm³/mol. The van der Waals surface area contributed by atoms with Crippen molar-refractivity contribution in [2.75, 3.05) is 26.2 Å². The Morgan fingerprint density at radius 3 is 2.62 bits per heavy atom. The first-order chi connectivity index (χ1) is 7.72. The van der Waals surface area contributed by atoms with Crippen molar-refractivity contribution in [2.45, 2.75) is 25.8 Å². The van der Waals surface area contributed by atoms with Gasteiger partial charge in [0.2, 0.25) is 0 Å². The molecule has 0 aromatic carbocycles. The van der Waals surface area contributed by atoms with Crippen LogP contribution in [0.3, 0.4) is 0 Å². The van der Waals surface area contributed by atoms with Crippen LogP contribution in [0.5, 0.6) is 0 Å². The molecule has 1 heterocycles. The van der Waals surface area contributed by atoms with E-state index in [0.717, 1.165) is 25.9 Å². The third kappa shape index (κ3) is 2.52. The largest absolute Gasteiger partial charge is 0.345 e. The summed E-state index contributed by atoms with van der Waals surface area (Å²) in [5.41, 5.74) is 0. The van der Waals surface area contributed by atoms with E-state index >= 15 is 0 Å². The number of carbonyl (C=O) groups is 2. The number of carbonyl (C=O) groups excluding carboxylic acids is 2. The molecule has 0 bridgehead atoms. The van der Waals surface area contributed by atoms with Gasteiger partial charge in [0.05, 0.1) is 0 Å². The van der Waals surface area contributed by atoms with Gasteiger partial charge in [-0.05, 0) is 12.3 Å². The van der Waals surface area contributed by atoms with E-state index in [2.05, 4.69) is 17.6 Å². The second-order valence-electron chi connectivity index (χ2n) is 4.53. The van der Waals surface area contributed by atoms with E-state index in [1.807, 2.05) is 0 Å². The van der Waals surface area contributed by atoms with Gasteiger partial charge in [0.25, 0.3) is 0 Å². The van der Waals surface area contributed by atoms with Gasteiger partial charge in [-0.2, -0.15) is 0 Å².